The summed E-state index contributed by atoms with van der Waals surface area (Å²) in [7, 11) is 1.53. The first-order valence-electron chi connectivity index (χ1n) is 16.7. The fourth-order valence-electron chi connectivity index (χ4n) is 6.11. The second-order valence-corrected chi connectivity index (χ2v) is 13.8. The molecule has 252 valence electrons. The number of nitrogens with zero attached hydrogens (tertiary/aromatic N) is 6. The summed E-state index contributed by atoms with van der Waals surface area (Å²) in [6.45, 7) is 12.9. The van der Waals surface area contributed by atoms with Gasteiger partial charge >= 0.3 is 12.0 Å². The van der Waals surface area contributed by atoms with Gasteiger partial charge in [-0.15, -0.1) is 0 Å². The van der Waals surface area contributed by atoms with Gasteiger partial charge in [-0.05, 0) is 86.5 Å². The number of hydrogen-bond acceptors (Lipinski definition) is 10. The largest absolute Gasteiger partial charge is 0.477 e. The van der Waals surface area contributed by atoms with Crippen molar-refractivity contribution in [2.75, 3.05) is 49.8 Å². The minimum Gasteiger partial charge on any atom is -0.477 e. The van der Waals surface area contributed by atoms with Crippen LogP contribution in [0.15, 0.2) is 42.7 Å². The molecule has 1 unspecified atom stereocenters. The molecule has 1 amide bonds. The summed E-state index contributed by atoms with van der Waals surface area (Å²) < 4.78 is 16.8. The summed E-state index contributed by atoms with van der Waals surface area (Å²) in [6.07, 6.45) is 7.70. The summed E-state index contributed by atoms with van der Waals surface area (Å²) >= 11 is 0. The van der Waals surface area contributed by atoms with E-state index in [4.69, 9.17) is 14.2 Å². The minimum atomic E-state index is -0.195. The van der Waals surface area contributed by atoms with E-state index in [0.717, 1.165) is 36.9 Å². The van der Waals surface area contributed by atoms with Crippen molar-refractivity contribution in [3.8, 4) is 11.9 Å². The number of amides is 1. The van der Waals surface area contributed by atoms with Crippen LogP contribution in [0.5, 0.6) is 11.9 Å². The van der Waals surface area contributed by atoms with Crippen LogP contribution in [-0.4, -0.2) is 71.8 Å². The van der Waals surface area contributed by atoms with E-state index < -0.39 is 0 Å². The minimum absolute atomic E-state index is 0.130. The van der Waals surface area contributed by atoms with Gasteiger partial charge in [0.2, 0.25) is 5.88 Å². The molecule has 0 N–H and O–H groups in total. The highest BCUT2D eigenvalue weighted by Crippen LogP contribution is 2.45. The van der Waals surface area contributed by atoms with Gasteiger partial charge in [-0.2, -0.15) is 4.98 Å². The maximum atomic E-state index is 14.2. The highest BCUT2D eigenvalue weighted by atomic mass is 16.5. The lowest BCUT2D eigenvalue weighted by molar-refractivity contribution is -0.143. The highest BCUT2D eigenvalue weighted by Gasteiger charge is 2.35. The first kappa shape index (κ1) is 34.1. The summed E-state index contributed by atoms with van der Waals surface area (Å²) in [5.74, 6) is 2.34. The maximum absolute atomic E-state index is 14.2. The molecule has 2 aliphatic rings. The molecule has 1 aliphatic heterocycles. The Labute approximate surface area is 278 Å². The Morgan fingerprint density at radius 2 is 1.83 bits per heavy atom. The number of carbonyl (C=O) groups excluding carboxylic acids is 2. The van der Waals surface area contributed by atoms with Gasteiger partial charge in [0.25, 0.3) is 5.91 Å². The van der Waals surface area contributed by atoms with Crippen molar-refractivity contribution in [3.63, 3.8) is 0 Å². The van der Waals surface area contributed by atoms with Crippen LogP contribution < -0.4 is 19.3 Å². The van der Waals surface area contributed by atoms with E-state index in [0.29, 0.717) is 74.2 Å². The van der Waals surface area contributed by atoms with E-state index in [1.54, 1.807) is 17.3 Å². The van der Waals surface area contributed by atoms with E-state index in [1.807, 2.05) is 44.2 Å². The van der Waals surface area contributed by atoms with Crippen LogP contribution in [0.25, 0.3) is 0 Å². The number of esters is 1. The topological polar surface area (TPSA) is 120 Å². The van der Waals surface area contributed by atoms with E-state index in [-0.39, 0.29) is 29.2 Å². The molecule has 5 rings (SSSR count). The smallest absolute Gasteiger partial charge is 0.318 e. The molecule has 3 aromatic heterocycles. The number of aryl methyl sites for hydroxylation is 1. The molecular weight excluding hydrogens is 596 g/mol. The Morgan fingerprint density at radius 3 is 2.49 bits per heavy atom. The lowest BCUT2D eigenvalue weighted by atomic mass is 9.92. The average molecular weight is 645 g/mol. The van der Waals surface area contributed by atoms with E-state index in [9.17, 15) is 9.59 Å². The Morgan fingerprint density at radius 1 is 1.06 bits per heavy atom. The molecule has 3 aromatic rings. The van der Waals surface area contributed by atoms with Crippen molar-refractivity contribution in [2.45, 2.75) is 72.6 Å². The fourth-order valence-corrected chi connectivity index (χ4v) is 6.11. The van der Waals surface area contributed by atoms with Crippen LogP contribution in [0.2, 0.25) is 0 Å². The molecule has 1 saturated heterocycles. The number of ether oxygens (including phenoxy) is 3. The lowest BCUT2D eigenvalue weighted by Gasteiger charge is -2.34. The predicted molar refractivity (Wildman–Crippen MR) is 180 cm³/mol. The third-order valence-electron chi connectivity index (χ3n) is 8.64. The number of rotatable bonds is 13. The molecule has 0 radical (unpaired) electrons. The van der Waals surface area contributed by atoms with E-state index in [1.165, 1.54) is 7.11 Å². The zero-order valence-electron chi connectivity index (χ0n) is 28.6. The highest BCUT2D eigenvalue weighted by molar-refractivity contribution is 6.08. The number of hydrogen-bond donors (Lipinski definition) is 0. The second kappa shape index (κ2) is 15.1. The number of aromatic nitrogens is 4. The molecule has 1 aliphatic carbocycles. The lowest BCUT2D eigenvalue weighted by Crippen LogP contribution is -2.41. The maximum Gasteiger partial charge on any atom is 0.318 e. The molecule has 0 spiro atoms. The summed E-state index contributed by atoms with van der Waals surface area (Å²) in [5, 5.41) is 0. The predicted octanol–water partition coefficient (Wildman–Crippen LogP) is 6.02. The molecule has 2 fully saturated rings. The van der Waals surface area contributed by atoms with Gasteiger partial charge in [0.05, 0.1) is 26.7 Å². The second-order valence-electron chi connectivity index (χ2n) is 13.8. The van der Waals surface area contributed by atoms with Crippen LogP contribution in [0.4, 0.5) is 11.6 Å². The standard InChI is InChI=1S/C36H48N6O5/c1-7-46-32(43)20-28(26-11-12-26)27-13-16-37-31(19-27)47-22-25-14-17-41(18-15-25)33-29(21-38-35(40-33)45-6)34(44)42(23-36(3,4)5)30-10-8-9-24(2)39-30/h8-10,13,16,19,21,25-26,28H,7,11-12,14-15,17-18,20,22-23H2,1-6H3. The number of pyridine rings is 2. The SMILES string of the molecule is CCOC(=O)CC(c1ccnc(OCC2CCN(c3nc(OC)ncc3C(=O)N(CC(C)(C)C)c3cccc(C)n3)CC2)c1)C1CC1. The van der Waals surface area contributed by atoms with Gasteiger partial charge in [0, 0.05) is 43.8 Å². The third kappa shape index (κ3) is 9.17. The van der Waals surface area contributed by atoms with Gasteiger partial charge in [-0.1, -0.05) is 26.8 Å². The molecule has 11 heteroatoms. The molecule has 0 aromatic carbocycles. The molecule has 1 saturated carbocycles. The molecule has 47 heavy (non-hydrogen) atoms. The van der Waals surface area contributed by atoms with Crippen LogP contribution in [0, 0.1) is 24.2 Å². The van der Waals surface area contributed by atoms with Crippen molar-refractivity contribution in [2.24, 2.45) is 17.3 Å². The fraction of sp³-hybridized carbons (Fsp3) is 0.556. The van der Waals surface area contributed by atoms with Crippen molar-refractivity contribution in [1.82, 2.24) is 19.9 Å². The third-order valence-corrected chi connectivity index (χ3v) is 8.64. The van der Waals surface area contributed by atoms with Crippen LogP contribution in [-0.2, 0) is 9.53 Å². The monoisotopic (exact) mass is 644 g/mol. The van der Waals surface area contributed by atoms with Gasteiger partial charge in [-0.3, -0.25) is 14.5 Å². The molecule has 1 atom stereocenters. The average Bonchev–Trinajstić information content (AvgIpc) is 3.90. The summed E-state index contributed by atoms with van der Waals surface area (Å²) in [4.78, 5) is 48.5. The first-order valence-corrected chi connectivity index (χ1v) is 16.7. The van der Waals surface area contributed by atoms with Crippen molar-refractivity contribution >= 4 is 23.5 Å². The summed E-state index contributed by atoms with van der Waals surface area (Å²) in [5.41, 5.74) is 2.17. The summed E-state index contributed by atoms with van der Waals surface area (Å²) in [6, 6.07) is 9.89. The number of methoxy groups -OCH3 is 1. The van der Waals surface area contributed by atoms with Crippen molar-refractivity contribution in [1.29, 1.82) is 0 Å². The Balaban J connectivity index is 1.26. The molecule has 0 bridgehead atoms. The molecular formula is C36H48N6O5. The number of anilines is 2. The zero-order valence-corrected chi connectivity index (χ0v) is 28.6. The quantitative estimate of drug-likeness (QED) is 0.204. The first-order chi connectivity index (χ1) is 22.5. The Bertz CT molecular complexity index is 1530. The molecule has 11 nitrogen and oxygen atoms in total. The molecule has 4 heterocycles. The normalized spacial score (nSPS) is 16.0. The van der Waals surface area contributed by atoms with Crippen molar-refractivity contribution in [3.05, 3.63) is 59.5 Å². The number of carbonyl (C=O) groups is 2. The van der Waals surface area contributed by atoms with Crippen LogP contribution in [0.1, 0.15) is 87.3 Å². The van der Waals surface area contributed by atoms with Gasteiger partial charge < -0.3 is 19.1 Å². The van der Waals surface area contributed by atoms with E-state index in [2.05, 4.69) is 45.6 Å². The zero-order chi connectivity index (χ0) is 33.6. The van der Waals surface area contributed by atoms with Gasteiger partial charge in [0.15, 0.2) is 0 Å². The van der Waals surface area contributed by atoms with Crippen LogP contribution in [0.3, 0.4) is 0 Å². The van der Waals surface area contributed by atoms with Crippen LogP contribution >= 0.6 is 0 Å². The van der Waals surface area contributed by atoms with Gasteiger partial charge in [-0.25, -0.2) is 15.0 Å². The van der Waals surface area contributed by atoms with Crippen molar-refractivity contribution < 1.29 is 23.8 Å². The number of piperidine rings is 1. The Hall–Kier alpha value is -4.28. The Kier molecular flexibility index (Phi) is 10.9. The van der Waals surface area contributed by atoms with Gasteiger partial charge in [0.1, 0.15) is 17.2 Å². The van der Waals surface area contributed by atoms with E-state index >= 15 is 0 Å².